The van der Waals surface area contributed by atoms with Crippen LogP contribution in [-0.4, -0.2) is 68.6 Å². The van der Waals surface area contributed by atoms with Crippen LogP contribution in [0.5, 0.6) is 28.7 Å². The van der Waals surface area contributed by atoms with Gasteiger partial charge in [0.2, 0.25) is 5.75 Å². The Labute approximate surface area is 366 Å². The van der Waals surface area contributed by atoms with Crippen LogP contribution < -0.4 is 35.9 Å². The third kappa shape index (κ3) is 6.40. The van der Waals surface area contributed by atoms with Crippen molar-refractivity contribution >= 4 is 34.2 Å². The van der Waals surface area contributed by atoms with Gasteiger partial charge < -0.3 is 28.6 Å². The zero-order valence-corrected chi connectivity index (χ0v) is 35.8. The molecule has 2 aliphatic carbocycles. The Kier molecular flexibility index (Phi) is 10.6. The number of carbonyl (C=O) groups is 2. The topological polar surface area (TPSA) is 175 Å². The number of methoxy groups -OCH3 is 4. The molecule has 1 N–H and O–H groups in total. The minimum Gasteiger partial charge on any atom is -0.502 e. The van der Waals surface area contributed by atoms with Gasteiger partial charge in [0.15, 0.2) is 34.6 Å². The molecule has 0 bridgehead atoms. The predicted octanol–water partition coefficient (Wildman–Crippen LogP) is 5.05. The molecule has 0 saturated heterocycles. The molecule has 0 radical (unpaired) electrons. The van der Waals surface area contributed by atoms with Gasteiger partial charge in [-0.3, -0.25) is 14.4 Å². The number of nitrogens with zero attached hydrogens (tertiary/aromatic N) is 5. The number of rotatable bonds is 11. The fraction of sp³-hybridized carbons (Fsp3) is 0.265. The first-order chi connectivity index (χ1) is 31.0. The van der Waals surface area contributed by atoms with Crippen LogP contribution in [0, 0.1) is 11.8 Å². The van der Waals surface area contributed by atoms with Gasteiger partial charge in [0.1, 0.15) is 5.69 Å². The first kappa shape index (κ1) is 41.7. The number of hydrogen-bond acceptors (Lipinski definition) is 11. The Balaban J connectivity index is 1.18. The summed E-state index contributed by atoms with van der Waals surface area (Å²) in [6.45, 7) is -0.157. The number of phenols is 1. The molecule has 1 fully saturated rings. The molecule has 4 atom stereocenters. The van der Waals surface area contributed by atoms with Crippen LogP contribution in [0.25, 0.3) is 22.7 Å². The molecule has 1 saturated carbocycles. The molecular formula is C49H45N5O10. The molecule has 9 rings (SSSR count). The molecule has 326 valence electrons. The Bertz CT molecular complexity index is 3130. The zero-order valence-electron chi connectivity index (χ0n) is 35.8. The number of aromatic nitrogens is 5. The maximum Gasteiger partial charge on any atom is 0.347 e. The van der Waals surface area contributed by atoms with Gasteiger partial charge in [-0.2, -0.15) is 0 Å². The van der Waals surface area contributed by atoms with Crippen LogP contribution in [-0.2, 0) is 41.6 Å². The van der Waals surface area contributed by atoms with Crippen LogP contribution in [0.4, 0.5) is 0 Å². The van der Waals surface area contributed by atoms with E-state index in [1.807, 2.05) is 48.6 Å². The standard InChI is InChI=1S/C49H45N5O10/c1-51-38-27-40(62-3)39(61-2)26-36(38)50-35(46(51)58)19-20-52-47(59)53-21-18-31-33(17-16-28-22-41(63-4)45(57)42(23-28)64-5)49(30-14-10-7-11-15-30)34(25-37(31)54(53)48(52)60)44(56)32(24-43(49)55)29-12-8-6-9-13-29/h6-18,22-24,26-27,33-34,37,57H,19-21,25H2,1-5H3. The highest BCUT2D eigenvalue weighted by Gasteiger charge is 2.62. The number of ketones is 2. The van der Waals surface area contributed by atoms with Crippen LogP contribution >= 0.6 is 0 Å². The number of ether oxygens (including phenoxy) is 4. The van der Waals surface area contributed by atoms with Crippen molar-refractivity contribution < 1.29 is 33.6 Å². The number of aromatic hydroxyl groups is 1. The SMILES string of the molecule is COc1cc2nc(CCn3c(=O)n4n(c3=O)C3CC5C(=O)C(c6ccccc6)=CC(=O)C5(c5ccccc5)C(C=Cc5cc(OC)c(O)c(OC)c5)C3=CC4)c(=O)n(C)c2cc1OC. The van der Waals surface area contributed by atoms with Gasteiger partial charge in [-0.1, -0.05) is 78.9 Å². The molecule has 3 aliphatic rings. The van der Waals surface area contributed by atoms with E-state index in [0.717, 1.165) is 4.57 Å². The average Bonchev–Trinajstić information content (AvgIpc) is 3.57. The van der Waals surface area contributed by atoms with Crippen molar-refractivity contribution in [2.75, 3.05) is 28.4 Å². The molecule has 15 heteroatoms. The van der Waals surface area contributed by atoms with Gasteiger partial charge in [0.05, 0.1) is 57.5 Å². The summed E-state index contributed by atoms with van der Waals surface area (Å²) in [6, 6.07) is 24.0. The third-order valence-corrected chi connectivity index (χ3v) is 13.0. The monoisotopic (exact) mass is 863 g/mol. The Morgan fingerprint density at radius 1 is 0.812 bits per heavy atom. The molecular weight excluding hydrogens is 819 g/mol. The van der Waals surface area contributed by atoms with Crippen molar-refractivity contribution in [2.45, 2.75) is 37.4 Å². The van der Waals surface area contributed by atoms with Crippen molar-refractivity contribution in [1.29, 1.82) is 0 Å². The van der Waals surface area contributed by atoms with E-state index >= 15 is 9.59 Å². The molecule has 1 aliphatic heterocycles. The second-order valence-corrected chi connectivity index (χ2v) is 16.0. The molecule has 4 unspecified atom stereocenters. The van der Waals surface area contributed by atoms with Gasteiger partial charge in [-0.05, 0) is 46.9 Å². The van der Waals surface area contributed by atoms with Crippen molar-refractivity contribution in [2.24, 2.45) is 18.9 Å². The van der Waals surface area contributed by atoms with E-state index in [9.17, 15) is 19.5 Å². The quantitative estimate of drug-likeness (QED) is 0.173. The number of fused-ring (bicyclic) bond motifs is 5. The minimum atomic E-state index is -1.45. The summed E-state index contributed by atoms with van der Waals surface area (Å²) in [4.78, 5) is 77.7. The highest BCUT2D eigenvalue weighted by atomic mass is 16.5. The second kappa shape index (κ2) is 16.2. The van der Waals surface area contributed by atoms with E-state index in [-0.39, 0.29) is 66.0 Å². The van der Waals surface area contributed by atoms with Crippen molar-refractivity contribution in [3.05, 3.63) is 162 Å². The molecule has 0 amide bonds. The van der Waals surface area contributed by atoms with Gasteiger partial charge in [-0.15, -0.1) is 0 Å². The van der Waals surface area contributed by atoms with Crippen LogP contribution in [0.1, 0.15) is 34.8 Å². The minimum absolute atomic E-state index is 0.00149. The zero-order chi connectivity index (χ0) is 45.0. The maximum atomic E-state index is 15.3. The summed E-state index contributed by atoms with van der Waals surface area (Å²) >= 11 is 0. The smallest absolute Gasteiger partial charge is 0.347 e. The van der Waals surface area contributed by atoms with E-state index < -0.39 is 40.2 Å². The summed E-state index contributed by atoms with van der Waals surface area (Å²) in [5.41, 5.74) is 0.804. The van der Waals surface area contributed by atoms with E-state index in [4.69, 9.17) is 18.9 Å². The number of aryl methyl sites for hydroxylation is 2. The van der Waals surface area contributed by atoms with Crippen molar-refractivity contribution in [1.82, 2.24) is 23.5 Å². The van der Waals surface area contributed by atoms with E-state index in [2.05, 4.69) is 4.98 Å². The highest BCUT2D eigenvalue weighted by molar-refractivity contribution is 6.31. The number of allylic oxidation sites excluding steroid dienone is 5. The second-order valence-electron chi connectivity index (χ2n) is 16.0. The molecule has 4 aromatic carbocycles. The lowest BCUT2D eigenvalue weighted by molar-refractivity contribution is -0.133. The third-order valence-electron chi connectivity index (χ3n) is 13.0. The van der Waals surface area contributed by atoms with Crippen molar-refractivity contribution in [3.8, 4) is 28.7 Å². The lowest BCUT2D eigenvalue weighted by atomic mass is 9.49. The normalized spacial score (nSPS) is 20.3. The van der Waals surface area contributed by atoms with Crippen LogP contribution in [0.15, 0.2) is 123 Å². The summed E-state index contributed by atoms with van der Waals surface area (Å²) in [5.74, 6) is -1.32. The highest BCUT2D eigenvalue weighted by Crippen LogP contribution is 2.58. The van der Waals surface area contributed by atoms with Gasteiger partial charge in [0, 0.05) is 49.6 Å². The lowest BCUT2D eigenvalue weighted by Crippen LogP contribution is -2.59. The number of phenolic OH excluding ortho intramolecular Hbond substituents is 1. The fourth-order valence-electron chi connectivity index (χ4n) is 9.93. The average molecular weight is 864 g/mol. The summed E-state index contributed by atoms with van der Waals surface area (Å²) in [5, 5.41) is 10.7. The number of hydrogen-bond donors (Lipinski definition) is 1. The first-order valence-electron chi connectivity index (χ1n) is 20.7. The van der Waals surface area contributed by atoms with Crippen LogP contribution in [0.3, 0.4) is 0 Å². The molecule has 2 aromatic heterocycles. The predicted molar refractivity (Wildman–Crippen MR) is 238 cm³/mol. The number of benzene rings is 4. The Hall–Kier alpha value is -7.68. The molecule has 15 nitrogen and oxygen atoms in total. The largest absolute Gasteiger partial charge is 0.502 e. The number of carbonyl (C=O) groups excluding carboxylic acids is 2. The number of Topliss-reactive ketones (excluding diaryl/α,β-unsaturated/α-hetero) is 1. The Morgan fingerprint density at radius 2 is 1.45 bits per heavy atom. The van der Waals surface area contributed by atoms with Gasteiger partial charge in [0.25, 0.3) is 5.56 Å². The molecule has 64 heavy (non-hydrogen) atoms. The Morgan fingerprint density at radius 3 is 2.11 bits per heavy atom. The fourth-order valence-corrected chi connectivity index (χ4v) is 9.93. The van der Waals surface area contributed by atoms with E-state index in [1.54, 1.807) is 61.7 Å². The van der Waals surface area contributed by atoms with Gasteiger partial charge in [-0.25, -0.2) is 28.5 Å². The lowest BCUT2D eigenvalue weighted by Gasteiger charge is -2.53. The van der Waals surface area contributed by atoms with E-state index in [0.29, 0.717) is 44.8 Å². The summed E-state index contributed by atoms with van der Waals surface area (Å²) in [6.07, 6.45) is 6.96. The van der Waals surface area contributed by atoms with E-state index in [1.165, 1.54) is 48.4 Å². The first-order valence-corrected chi connectivity index (χ1v) is 20.7. The van der Waals surface area contributed by atoms with Gasteiger partial charge >= 0.3 is 11.4 Å². The summed E-state index contributed by atoms with van der Waals surface area (Å²) < 4.78 is 27.1. The van der Waals surface area contributed by atoms with Crippen molar-refractivity contribution in [3.63, 3.8) is 0 Å². The molecule has 6 aromatic rings. The summed E-state index contributed by atoms with van der Waals surface area (Å²) in [7, 11) is 7.46. The van der Waals surface area contributed by atoms with Crippen LogP contribution in [0.2, 0.25) is 0 Å². The maximum absolute atomic E-state index is 15.3. The molecule has 0 spiro atoms. The molecule has 3 heterocycles.